The van der Waals surface area contributed by atoms with Crippen molar-refractivity contribution in [3.05, 3.63) is 57.1 Å². The minimum atomic E-state index is 0.491. The van der Waals surface area contributed by atoms with Crippen LogP contribution in [-0.4, -0.2) is 19.7 Å². The summed E-state index contributed by atoms with van der Waals surface area (Å²) in [5.41, 5.74) is 2.81. The summed E-state index contributed by atoms with van der Waals surface area (Å²) >= 11 is 8.36. The fraction of sp³-hybridized carbons (Fsp3) is 0.133. The number of hydrogen-bond donors (Lipinski definition) is 0. The van der Waals surface area contributed by atoms with Crippen LogP contribution < -0.4 is 0 Å². The van der Waals surface area contributed by atoms with Crippen LogP contribution >= 0.6 is 34.2 Å². The zero-order chi connectivity index (χ0) is 14.8. The zero-order valence-corrected chi connectivity index (χ0v) is 14.2. The minimum absolute atomic E-state index is 0.491. The molecule has 6 heteroatoms. The van der Waals surface area contributed by atoms with Crippen LogP contribution in [0.3, 0.4) is 0 Å². The lowest BCUT2D eigenvalue weighted by atomic mass is 10.3. The molecule has 0 unspecified atom stereocenters. The number of aryl methyl sites for hydroxylation is 1. The Morgan fingerprint density at radius 2 is 1.95 bits per heavy atom. The van der Waals surface area contributed by atoms with Crippen LogP contribution in [0.1, 0.15) is 12.6 Å². The van der Waals surface area contributed by atoms with Crippen LogP contribution in [-0.2, 0) is 6.42 Å². The molecule has 3 rings (SSSR count). The molecular weight excluding hydrogens is 399 g/mol. The van der Waals surface area contributed by atoms with Crippen LogP contribution in [0.25, 0.3) is 17.1 Å². The van der Waals surface area contributed by atoms with Crippen molar-refractivity contribution in [2.24, 2.45) is 0 Å². The number of aromatic nitrogens is 4. The Bertz CT molecular complexity index is 771. The molecule has 0 aliphatic carbocycles. The Labute approximate surface area is 141 Å². The van der Waals surface area contributed by atoms with Gasteiger partial charge in [-0.05, 0) is 41.1 Å². The third-order valence-electron chi connectivity index (χ3n) is 3.08. The fourth-order valence-electron chi connectivity index (χ4n) is 1.99. The van der Waals surface area contributed by atoms with Gasteiger partial charge in [-0.25, -0.2) is 14.6 Å². The Kier molecular flexibility index (Phi) is 4.21. The molecule has 0 radical (unpaired) electrons. The predicted octanol–water partition coefficient (Wildman–Crippen LogP) is 4.15. The van der Waals surface area contributed by atoms with Crippen LogP contribution in [0.2, 0.25) is 5.15 Å². The van der Waals surface area contributed by atoms with Crippen molar-refractivity contribution in [3.63, 3.8) is 0 Å². The van der Waals surface area contributed by atoms with Crippen molar-refractivity contribution in [1.82, 2.24) is 19.7 Å². The molecule has 1 aromatic carbocycles. The van der Waals surface area contributed by atoms with Crippen molar-refractivity contribution in [2.75, 3.05) is 0 Å². The van der Waals surface area contributed by atoms with Gasteiger partial charge in [0.2, 0.25) is 0 Å². The lowest BCUT2D eigenvalue weighted by molar-refractivity contribution is 0.880. The molecule has 0 spiro atoms. The molecule has 2 aromatic heterocycles. The first-order chi connectivity index (χ1) is 10.2. The van der Waals surface area contributed by atoms with Crippen molar-refractivity contribution in [3.8, 4) is 17.1 Å². The number of hydrogen-bond acceptors (Lipinski definition) is 3. The Morgan fingerprint density at radius 1 is 1.19 bits per heavy atom. The number of halogens is 2. The number of benzene rings is 1. The maximum Gasteiger partial charge on any atom is 0.164 e. The quantitative estimate of drug-likeness (QED) is 0.481. The van der Waals surface area contributed by atoms with E-state index >= 15 is 0 Å². The number of rotatable bonds is 3. The van der Waals surface area contributed by atoms with Gasteiger partial charge in [0.1, 0.15) is 5.15 Å². The summed E-state index contributed by atoms with van der Waals surface area (Å²) in [6.45, 7) is 2.05. The second-order valence-electron chi connectivity index (χ2n) is 4.46. The predicted molar refractivity (Wildman–Crippen MR) is 91.7 cm³/mol. The van der Waals surface area contributed by atoms with E-state index in [2.05, 4.69) is 44.6 Å². The van der Waals surface area contributed by atoms with Crippen LogP contribution in [0.15, 0.2) is 42.7 Å². The Morgan fingerprint density at radius 3 is 2.67 bits per heavy atom. The lowest BCUT2D eigenvalue weighted by Gasteiger charge is -2.05. The van der Waals surface area contributed by atoms with E-state index in [0.717, 1.165) is 26.9 Å². The van der Waals surface area contributed by atoms with Gasteiger partial charge in [-0.2, -0.15) is 5.10 Å². The van der Waals surface area contributed by atoms with Gasteiger partial charge in [0.05, 0.1) is 26.7 Å². The Balaban J connectivity index is 2.03. The minimum Gasteiger partial charge on any atom is -0.240 e. The van der Waals surface area contributed by atoms with Gasteiger partial charge in [0.15, 0.2) is 5.82 Å². The van der Waals surface area contributed by atoms with E-state index < -0.39 is 0 Å². The summed E-state index contributed by atoms with van der Waals surface area (Å²) in [7, 11) is 0. The molecule has 0 bridgehead atoms. The number of para-hydroxylation sites is 1. The van der Waals surface area contributed by atoms with E-state index in [1.54, 1.807) is 10.9 Å². The molecule has 0 amide bonds. The molecule has 21 heavy (non-hydrogen) atoms. The fourth-order valence-corrected chi connectivity index (χ4v) is 2.80. The maximum atomic E-state index is 6.19. The molecule has 0 atom stereocenters. The maximum absolute atomic E-state index is 6.19. The summed E-state index contributed by atoms with van der Waals surface area (Å²) in [5, 5.41) is 4.85. The summed E-state index contributed by atoms with van der Waals surface area (Å²) in [5.74, 6) is 0.611. The van der Waals surface area contributed by atoms with Crippen LogP contribution in [0, 0.1) is 3.57 Å². The van der Waals surface area contributed by atoms with Crippen LogP contribution in [0.5, 0.6) is 0 Å². The van der Waals surface area contributed by atoms with Crippen molar-refractivity contribution < 1.29 is 0 Å². The lowest BCUT2D eigenvalue weighted by Crippen LogP contribution is -1.99. The first kappa shape index (κ1) is 14.5. The highest BCUT2D eigenvalue weighted by atomic mass is 127. The molecule has 0 fully saturated rings. The molecule has 0 saturated heterocycles. The molecule has 0 N–H and O–H groups in total. The van der Waals surface area contributed by atoms with Crippen LogP contribution in [0.4, 0.5) is 0 Å². The molecule has 0 saturated carbocycles. The normalized spacial score (nSPS) is 10.8. The van der Waals surface area contributed by atoms with Gasteiger partial charge in [0.25, 0.3) is 0 Å². The SMILES string of the molecule is CCc1nc(-c2cnn(-c3ccccc3)c2)nc(Cl)c1I. The monoisotopic (exact) mass is 410 g/mol. The van der Waals surface area contributed by atoms with E-state index in [4.69, 9.17) is 11.6 Å². The van der Waals surface area contributed by atoms with E-state index in [-0.39, 0.29) is 0 Å². The number of nitrogens with zero attached hydrogens (tertiary/aromatic N) is 4. The molecule has 0 aliphatic rings. The first-order valence-electron chi connectivity index (χ1n) is 6.51. The van der Waals surface area contributed by atoms with E-state index in [1.807, 2.05) is 36.5 Å². The molecule has 4 nitrogen and oxygen atoms in total. The van der Waals surface area contributed by atoms with Crippen molar-refractivity contribution in [1.29, 1.82) is 0 Å². The second kappa shape index (κ2) is 6.11. The van der Waals surface area contributed by atoms with Crippen molar-refractivity contribution in [2.45, 2.75) is 13.3 Å². The third kappa shape index (κ3) is 2.94. The molecule has 2 heterocycles. The summed E-state index contributed by atoms with van der Waals surface area (Å²) in [4.78, 5) is 8.92. The second-order valence-corrected chi connectivity index (χ2v) is 5.90. The zero-order valence-electron chi connectivity index (χ0n) is 11.3. The summed E-state index contributed by atoms with van der Waals surface area (Å²) < 4.78 is 2.71. The first-order valence-corrected chi connectivity index (χ1v) is 7.97. The molecular formula is C15H12ClIN4. The average molecular weight is 411 g/mol. The van der Waals surface area contributed by atoms with E-state index in [9.17, 15) is 0 Å². The molecule has 3 aromatic rings. The Hall–Kier alpha value is -1.47. The third-order valence-corrected chi connectivity index (χ3v) is 4.80. The van der Waals surface area contributed by atoms with E-state index in [0.29, 0.717) is 11.0 Å². The van der Waals surface area contributed by atoms with E-state index in [1.165, 1.54) is 0 Å². The van der Waals surface area contributed by atoms with Gasteiger partial charge < -0.3 is 0 Å². The standard InChI is InChI=1S/C15H12ClIN4/c1-2-12-13(17)14(16)20-15(19-12)10-8-18-21(9-10)11-6-4-3-5-7-11/h3-9H,2H2,1H3. The highest BCUT2D eigenvalue weighted by Crippen LogP contribution is 2.24. The average Bonchev–Trinajstić information content (AvgIpc) is 3.00. The van der Waals surface area contributed by atoms with Gasteiger partial charge in [0, 0.05) is 6.20 Å². The summed E-state index contributed by atoms with van der Waals surface area (Å²) in [6.07, 6.45) is 4.48. The van der Waals surface area contributed by atoms with Gasteiger partial charge >= 0.3 is 0 Å². The molecule has 106 valence electrons. The van der Waals surface area contributed by atoms with Crippen molar-refractivity contribution >= 4 is 34.2 Å². The highest BCUT2D eigenvalue weighted by molar-refractivity contribution is 14.1. The topological polar surface area (TPSA) is 43.6 Å². The highest BCUT2D eigenvalue weighted by Gasteiger charge is 2.12. The smallest absolute Gasteiger partial charge is 0.164 e. The van der Waals surface area contributed by atoms with Gasteiger partial charge in [-0.15, -0.1) is 0 Å². The summed E-state index contributed by atoms with van der Waals surface area (Å²) in [6, 6.07) is 9.92. The van der Waals surface area contributed by atoms with Gasteiger partial charge in [-0.1, -0.05) is 36.7 Å². The molecule has 0 aliphatic heterocycles. The largest absolute Gasteiger partial charge is 0.240 e. The van der Waals surface area contributed by atoms with Gasteiger partial charge in [-0.3, -0.25) is 0 Å².